The lowest BCUT2D eigenvalue weighted by atomic mass is 10.2. The van der Waals surface area contributed by atoms with Gasteiger partial charge < -0.3 is 14.8 Å². The van der Waals surface area contributed by atoms with Crippen LogP contribution >= 0.6 is 0 Å². The van der Waals surface area contributed by atoms with E-state index >= 15 is 0 Å². The third kappa shape index (κ3) is 6.99. The Hall–Kier alpha value is -2.16. The molecule has 0 amide bonds. The smallest absolute Gasteiger partial charge is 0.124 e. The Morgan fingerprint density at radius 2 is 1.81 bits per heavy atom. The van der Waals surface area contributed by atoms with Gasteiger partial charge in [-0.1, -0.05) is 57.4 Å². The van der Waals surface area contributed by atoms with Crippen molar-refractivity contribution in [3.05, 3.63) is 54.1 Å². The minimum atomic E-state index is 0.229. The molecular formula is C23H33NO2. The summed E-state index contributed by atoms with van der Waals surface area (Å²) in [5, 5.41) is 3.48. The molecule has 0 fully saturated rings. The van der Waals surface area contributed by atoms with Crippen molar-refractivity contribution in [1.29, 1.82) is 0 Å². The third-order valence-corrected chi connectivity index (χ3v) is 4.46. The number of benzene rings is 2. The monoisotopic (exact) mass is 355 g/mol. The van der Waals surface area contributed by atoms with Crippen LogP contribution in [0.5, 0.6) is 11.5 Å². The van der Waals surface area contributed by atoms with E-state index < -0.39 is 0 Å². The van der Waals surface area contributed by atoms with Gasteiger partial charge in [0.2, 0.25) is 0 Å². The van der Waals surface area contributed by atoms with Crippen LogP contribution in [0.2, 0.25) is 0 Å². The lowest BCUT2D eigenvalue weighted by molar-refractivity contribution is 0.217. The minimum Gasteiger partial charge on any atom is -0.493 e. The largest absolute Gasteiger partial charge is 0.493 e. The van der Waals surface area contributed by atoms with Crippen LogP contribution in [0.1, 0.15) is 58.4 Å². The molecule has 1 N–H and O–H groups in total. The first-order valence-electron chi connectivity index (χ1n) is 9.94. The first-order valence-corrected chi connectivity index (χ1v) is 9.94. The number of anilines is 1. The zero-order chi connectivity index (χ0) is 18.6. The molecule has 1 atom stereocenters. The molecule has 0 radical (unpaired) electrons. The summed E-state index contributed by atoms with van der Waals surface area (Å²) in [6.07, 6.45) is 6.11. The fourth-order valence-corrected chi connectivity index (χ4v) is 2.69. The Morgan fingerprint density at radius 1 is 0.962 bits per heavy atom. The maximum Gasteiger partial charge on any atom is 0.124 e. The average molecular weight is 356 g/mol. The summed E-state index contributed by atoms with van der Waals surface area (Å²) in [5.41, 5.74) is 2.24. The summed E-state index contributed by atoms with van der Waals surface area (Å²) >= 11 is 0. The van der Waals surface area contributed by atoms with Gasteiger partial charge in [0.25, 0.3) is 0 Å². The second-order valence-electron chi connectivity index (χ2n) is 6.73. The van der Waals surface area contributed by atoms with Crippen molar-refractivity contribution in [1.82, 2.24) is 0 Å². The van der Waals surface area contributed by atoms with E-state index in [1.54, 1.807) is 0 Å². The highest BCUT2D eigenvalue weighted by Crippen LogP contribution is 2.23. The van der Waals surface area contributed by atoms with Crippen LogP contribution in [0.4, 0.5) is 5.69 Å². The molecule has 3 heteroatoms. The zero-order valence-corrected chi connectivity index (χ0v) is 16.5. The van der Waals surface area contributed by atoms with E-state index in [9.17, 15) is 0 Å². The highest BCUT2D eigenvalue weighted by Gasteiger charge is 2.05. The van der Waals surface area contributed by atoms with Crippen molar-refractivity contribution in [2.45, 2.75) is 65.5 Å². The highest BCUT2D eigenvalue weighted by molar-refractivity contribution is 5.49. The Bertz CT molecular complexity index is 642. The van der Waals surface area contributed by atoms with E-state index in [1.165, 1.54) is 24.8 Å². The van der Waals surface area contributed by atoms with E-state index in [-0.39, 0.29) is 6.10 Å². The van der Waals surface area contributed by atoms with Crippen LogP contribution in [-0.4, -0.2) is 12.7 Å². The van der Waals surface area contributed by atoms with Crippen LogP contribution in [-0.2, 0) is 6.54 Å². The molecule has 2 rings (SSSR count). The second kappa shape index (κ2) is 11.5. The first kappa shape index (κ1) is 20.2. The Labute approximate surface area is 158 Å². The number of rotatable bonds is 12. The first-order chi connectivity index (χ1) is 12.7. The standard InChI is InChI=1S/C23H33NO2/c1-4-6-7-10-16-25-23-15-9-8-12-20(23)18-24-21-13-11-14-22(17-21)26-19(3)5-2/h8-9,11-15,17,19,24H,4-7,10,16,18H2,1-3H3/t19-/m0/s1. The fraction of sp³-hybridized carbons (Fsp3) is 0.478. The molecule has 0 aliphatic carbocycles. The summed E-state index contributed by atoms with van der Waals surface area (Å²) in [6, 6.07) is 16.4. The Morgan fingerprint density at radius 3 is 2.62 bits per heavy atom. The van der Waals surface area contributed by atoms with Crippen molar-refractivity contribution < 1.29 is 9.47 Å². The molecule has 0 saturated heterocycles. The van der Waals surface area contributed by atoms with E-state index in [0.29, 0.717) is 0 Å². The van der Waals surface area contributed by atoms with Crippen LogP contribution in [0.15, 0.2) is 48.5 Å². The number of para-hydroxylation sites is 1. The molecule has 0 bridgehead atoms. The SMILES string of the molecule is CCCCCCOc1ccccc1CNc1cccc(O[C@@H](C)CC)c1. The van der Waals surface area contributed by atoms with Gasteiger partial charge in [-0.2, -0.15) is 0 Å². The van der Waals surface area contributed by atoms with Gasteiger partial charge in [0.05, 0.1) is 12.7 Å². The van der Waals surface area contributed by atoms with E-state index in [0.717, 1.165) is 43.2 Å². The van der Waals surface area contributed by atoms with Gasteiger partial charge in [-0.3, -0.25) is 0 Å². The second-order valence-corrected chi connectivity index (χ2v) is 6.73. The zero-order valence-electron chi connectivity index (χ0n) is 16.5. The van der Waals surface area contributed by atoms with Gasteiger partial charge in [0.15, 0.2) is 0 Å². The van der Waals surface area contributed by atoms with Gasteiger partial charge in [-0.15, -0.1) is 0 Å². The van der Waals surface area contributed by atoms with Gasteiger partial charge in [0.1, 0.15) is 11.5 Å². The normalized spacial score (nSPS) is 11.8. The molecule has 0 heterocycles. The number of ether oxygens (including phenoxy) is 2. The topological polar surface area (TPSA) is 30.5 Å². The predicted octanol–water partition coefficient (Wildman–Crippen LogP) is 6.44. The molecule has 0 saturated carbocycles. The molecule has 26 heavy (non-hydrogen) atoms. The molecule has 0 aliphatic rings. The Balaban J connectivity index is 1.90. The van der Waals surface area contributed by atoms with Crippen LogP contribution in [0.25, 0.3) is 0 Å². The summed E-state index contributed by atoms with van der Waals surface area (Å²) in [4.78, 5) is 0. The summed E-state index contributed by atoms with van der Waals surface area (Å²) < 4.78 is 11.9. The van der Waals surface area contributed by atoms with Crippen LogP contribution in [0.3, 0.4) is 0 Å². The van der Waals surface area contributed by atoms with Crippen LogP contribution < -0.4 is 14.8 Å². The summed E-state index contributed by atoms with van der Waals surface area (Å²) in [7, 11) is 0. The maximum atomic E-state index is 6.00. The number of unbranched alkanes of at least 4 members (excludes halogenated alkanes) is 3. The van der Waals surface area contributed by atoms with E-state index in [4.69, 9.17) is 9.47 Å². The van der Waals surface area contributed by atoms with Crippen molar-refractivity contribution in [2.24, 2.45) is 0 Å². The van der Waals surface area contributed by atoms with Gasteiger partial charge in [-0.25, -0.2) is 0 Å². The number of hydrogen-bond donors (Lipinski definition) is 1. The summed E-state index contributed by atoms with van der Waals surface area (Å²) in [5.74, 6) is 1.88. The molecule has 0 unspecified atom stereocenters. The molecule has 0 spiro atoms. The lowest BCUT2D eigenvalue weighted by Gasteiger charge is -2.15. The van der Waals surface area contributed by atoms with Crippen molar-refractivity contribution in [2.75, 3.05) is 11.9 Å². The number of nitrogens with one attached hydrogen (secondary N) is 1. The van der Waals surface area contributed by atoms with E-state index in [2.05, 4.69) is 56.4 Å². The summed E-state index contributed by atoms with van der Waals surface area (Å²) in [6.45, 7) is 7.97. The fourth-order valence-electron chi connectivity index (χ4n) is 2.69. The lowest BCUT2D eigenvalue weighted by Crippen LogP contribution is -2.10. The van der Waals surface area contributed by atoms with Gasteiger partial charge in [-0.05, 0) is 38.0 Å². The van der Waals surface area contributed by atoms with Gasteiger partial charge in [0, 0.05) is 23.9 Å². The molecule has 0 aliphatic heterocycles. The quantitative estimate of drug-likeness (QED) is 0.445. The van der Waals surface area contributed by atoms with Gasteiger partial charge >= 0.3 is 0 Å². The minimum absolute atomic E-state index is 0.229. The molecule has 142 valence electrons. The molecule has 3 nitrogen and oxygen atoms in total. The number of hydrogen-bond acceptors (Lipinski definition) is 3. The average Bonchev–Trinajstić information content (AvgIpc) is 2.67. The predicted molar refractivity (Wildman–Crippen MR) is 110 cm³/mol. The molecule has 2 aromatic carbocycles. The van der Waals surface area contributed by atoms with Crippen molar-refractivity contribution >= 4 is 5.69 Å². The highest BCUT2D eigenvalue weighted by atomic mass is 16.5. The van der Waals surface area contributed by atoms with E-state index in [1.807, 2.05) is 18.2 Å². The molecular weight excluding hydrogens is 322 g/mol. The van der Waals surface area contributed by atoms with Crippen LogP contribution in [0, 0.1) is 0 Å². The molecule has 0 aromatic heterocycles. The maximum absolute atomic E-state index is 6.00. The van der Waals surface area contributed by atoms with Crippen molar-refractivity contribution in [3.8, 4) is 11.5 Å². The van der Waals surface area contributed by atoms with Crippen molar-refractivity contribution in [3.63, 3.8) is 0 Å². The molecule has 2 aromatic rings. The Kier molecular flexibility index (Phi) is 8.88. The third-order valence-electron chi connectivity index (χ3n) is 4.46.